The summed E-state index contributed by atoms with van der Waals surface area (Å²) in [5, 5.41) is 10.4. The molecule has 0 bridgehead atoms. The van der Waals surface area contributed by atoms with E-state index in [0.29, 0.717) is 13.1 Å². The molecule has 0 saturated heterocycles. The second-order valence-corrected chi connectivity index (χ2v) is 9.31. The maximum Gasteiger partial charge on any atom is 0.0935 e. The van der Waals surface area contributed by atoms with Gasteiger partial charge in [0.05, 0.1) is 46.9 Å². The maximum absolute atomic E-state index is 4.82. The first kappa shape index (κ1) is 22.7. The Hall–Kier alpha value is -4.71. The topological polar surface area (TPSA) is 60.9 Å². The molecule has 6 nitrogen and oxygen atoms in total. The third-order valence-corrected chi connectivity index (χ3v) is 6.81. The third-order valence-electron chi connectivity index (χ3n) is 6.81. The van der Waals surface area contributed by atoms with Crippen LogP contribution in [0.4, 0.5) is 11.4 Å². The van der Waals surface area contributed by atoms with Crippen LogP contribution in [0.1, 0.15) is 11.4 Å². The van der Waals surface area contributed by atoms with Gasteiger partial charge >= 0.3 is 0 Å². The van der Waals surface area contributed by atoms with Crippen LogP contribution in [0.2, 0.25) is 0 Å². The number of benzene rings is 3. The van der Waals surface area contributed by atoms with E-state index in [1.54, 1.807) is 0 Å². The molecule has 0 aliphatic heterocycles. The van der Waals surface area contributed by atoms with Crippen LogP contribution in [0, 0.1) is 0 Å². The lowest BCUT2D eigenvalue weighted by atomic mass is 10.0. The fourth-order valence-electron chi connectivity index (χ4n) is 5.02. The van der Waals surface area contributed by atoms with Gasteiger partial charge in [-0.2, -0.15) is 5.10 Å². The zero-order valence-corrected chi connectivity index (χ0v) is 21.0. The normalized spacial score (nSPS) is 11.2. The molecule has 3 aromatic heterocycles. The molecule has 3 heterocycles. The lowest BCUT2D eigenvalue weighted by Gasteiger charge is -2.22. The van der Waals surface area contributed by atoms with Crippen LogP contribution >= 0.6 is 0 Å². The number of nitrogens with zero attached hydrogens (tertiary/aromatic N) is 5. The van der Waals surface area contributed by atoms with Gasteiger partial charge in [0.15, 0.2) is 0 Å². The molecule has 0 amide bonds. The van der Waals surface area contributed by atoms with Crippen molar-refractivity contribution >= 4 is 33.2 Å². The molecule has 0 fully saturated rings. The number of fused-ring (bicyclic) bond motifs is 2. The molecule has 0 aliphatic rings. The molecule has 6 aromatic rings. The van der Waals surface area contributed by atoms with E-state index in [-0.39, 0.29) is 0 Å². The van der Waals surface area contributed by atoms with Crippen LogP contribution in [-0.2, 0) is 13.1 Å². The number of aromatic amines is 1. The van der Waals surface area contributed by atoms with E-state index in [0.717, 1.165) is 55.7 Å². The molecule has 0 radical (unpaired) electrons. The molecular formula is C31H28N6. The Labute approximate surface area is 216 Å². The van der Waals surface area contributed by atoms with Gasteiger partial charge in [-0.05, 0) is 29.8 Å². The van der Waals surface area contributed by atoms with E-state index in [2.05, 4.69) is 112 Å². The molecule has 0 unspecified atom stereocenters. The van der Waals surface area contributed by atoms with Crippen molar-refractivity contribution in [1.82, 2.24) is 20.2 Å². The van der Waals surface area contributed by atoms with E-state index in [9.17, 15) is 0 Å². The van der Waals surface area contributed by atoms with Crippen LogP contribution in [0.15, 0.2) is 103 Å². The van der Waals surface area contributed by atoms with Crippen LogP contribution in [-0.4, -0.2) is 34.3 Å². The summed E-state index contributed by atoms with van der Waals surface area (Å²) >= 11 is 0. The Bertz CT molecular complexity index is 1560. The largest absolute Gasteiger partial charge is 0.367 e. The highest BCUT2D eigenvalue weighted by molar-refractivity contribution is 5.91. The van der Waals surface area contributed by atoms with Gasteiger partial charge in [0.25, 0.3) is 0 Å². The Morgan fingerprint density at radius 2 is 1.19 bits per heavy atom. The Balaban J connectivity index is 1.36. The summed E-state index contributed by atoms with van der Waals surface area (Å²) < 4.78 is 0. The number of hydrogen-bond acceptors (Lipinski definition) is 5. The Kier molecular flexibility index (Phi) is 5.98. The van der Waals surface area contributed by atoms with E-state index >= 15 is 0 Å². The highest BCUT2D eigenvalue weighted by Gasteiger charge is 2.20. The third kappa shape index (κ3) is 4.38. The number of H-pyrrole nitrogens is 1. The van der Waals surface area contributed by atoms with Crippen LogP contribution in [0.3, 0.4) is 0 Å². The Morgan fingerprint density at radius 1 is 0.622 bits per heavy atom. The maximum atomic E-state index is 4.82. The van der Waals surface area contributed by atoms with Crippen LogP contribution in [0.25, 0.3) is 32.9 Å². The first-order valence-electron chi connectivity index (χ1n) is 12.4. The summed E-state index contributed by atoms with van der Waals surface area (Å²) in [6.07, 6.45) is 3.70. The standard InChI is InChI=1S/C31H28N6/c1-36(27-16-6-12-23-14-8-18-32-30(23)27)20-25-29(22-10-4-3-5-11-22)26(35-34-25)21-37(2)28-17-7-13-24-15-9-19-33-31(24)28/h3-19H,20-21H2,1-2H3,(H,34,35). The molecule has 0 spiro atoms. The van der Waals surface area contributed by atoms with Gasteiger partial charge in [-0.3, -0.25) is 15.1 Å². The number of rotatable bonds is 7. The second-order valence-electron chi connectivity index (χ2n) is 9.31. The second kappa shape index (κ2) is 9.74. The van der Waals surface area contributed by atoms with Gasteiger partial charge in [-0.1, -0.05) is 66.7 Å². The summed E-state index contributed by atoms with van der Waals surface area (Å²) in [6, 6.07) is 31.2. The molecule has 3 aromatic carbocycles. The van der Waals surface area contributed by atoms with Crippen molar-refractivity contribution in [1.29, 1.82) is 0 Å². The van der Waals surface area contributed by atoms with Gasteiger partial charge in [0, 0.05) is 42.8 Å². The minimum absolute atomic E-state index is 0.649. The number of anilines is 2. The highest BCUT2D eigenvalue weighted by atomic mass is 15.2. The highest BCUT2D eigenvalue weighted by Crippen LogP contribution is 2.32. The van der Waals surface area contributed by atoms with Crippen molar-refractivity contribution in [2.24, 2.45) is 0 Å². The number of aromatic nitrogens is 4. The average Bonchev–Trinajstić information content (AvgIpc) is 3.34. The minimum Gasteiger partial charge on any atom is -0.367 e. The van der Waals surface area contributed by atoms with Crippen molar-refractivity contribution in [2.75, 3.05) is 23.9 Å². The zero-order chi connectivity index (χ0) is 25.2. The molecule has 37 heavy (non-hydrogen) atoms. The summed E-state index contributed by atoms with van der Waals surface area (Å²) in [5.41, 5.74) is 8.52. The first-order chi connectivity index (χ1) is 18.2. The number of pyridine rings is 2. The van der Waals surface area contributed by atoms with E-state index in [1.807, 2.05) is 30.6 Å². The molecule has 0 atom stereocenters. The molecule has 0 saturated carbocycles. The quantitative estimate of drug-likeness (QED) is 0.282. The predicted molar refractivity (Wildman–Crippen MR) is 152 cm³/mol. The van der Waals surface area contributed by atoms with E-state index < -0.39 is 0 Å². The van der Waals surface area contributed by atoms with Gasteiger partial charge < -0.3 is 9.80 Å². The van der Waals surface area contributed by atoms with Crippen LogP contribution < -0.4 is 9.80 Å². The smallest absolute Gasteiger partial charge is 0.0935 e. The SMILES string of the molecule is CN(Cc1n[nH]c(CN(C)c2cccc3cccnc23)c1-c1ccccc1)c1cccc2cccnc12. The molecule has 0 aliphatic carbocycles. The van der Waals surface area contributed by atoms with Gasteiger partial charge in [-0.25, -0.2) is 0 Å². The van der Waals surface area contributed by atoms with Crippen molar-refractivity contribution in [3.05, 3.63) is 115 Å². The molecular weight excluding hydrogens is 456 g/mol. The van der Waals surface area contributed by atoms with Gasteiger partial charge in [0.2, 0.25) is 0 Å². The number of para-hydroxylation sites is 2. The minimum atomic E-state index is 0.649. The summed E-state index contributed by atoms with van der Waals surface area (Å²) in [6.45, 7) is 1.32. The van der Waals surface area contributed by atoms with Gasteiger partial charge in [-0.15, -0.1) is 0 Å². The number of hydrogen-bond donors (Lipinski definition) is 1. The first-order valence-corrected chi connectivity index (χ1v) is 12.4. The van der Waals surface area contributed by atoms with Gasteiger partial charge in [0.1, 0.15) is 0 Å². The molecule has 1 N–H and O–H groups in total. The lowest BCUT2D eigenvalue weighted by Crippen LogP contribution is -2.19. The van der Waals surface area contributed by atoms with Crippen molar-refractivity contribution in [3.8, 4) is 11.1 Å². The van der Waals surface area contributed by atoms with Crippen LogP contribution in [0.5, 0.6) is 0 Å². The van der Waals surface area contributed by atoms with Crippen molar-refractivity contribution < 1.29 is 0 Å². The summed E-state index contributed by atoms with van der Waals surface area (Å²) in [5.74, 6) is 0. The molecule has 182 valence electrons. The fraction of sp³-hybridized carbons (Fsp3) is 0.129. The number of nitrogens with one attached hydrogen (secondary N) is 1. The van der Waals surface area contributed by atoms with Crippen molar-refractivity contribution in [2.45, 2.75) is 13.1 Å². The summed E-state index contributed by atoms with van der Waals surface area (Å²) in [4.78, 5) is 13.7. The Morgan fingerprint density at radius 3 is 1.81 bits per heavy atom. The van der Waals surface area contributed by atoms with E-state index in [4.69, 9.17) is 5.10 Å². The fourth-order valence-corrected chi connectivity index (χ4v) is 5.02. The monoisotopic (exact) mass is 484 g/mol. The molecule has 6 rings (SSSR count). The van der Waals surface area contributed by atoms with E-state index in [1.165, 1.54) is 0 Å². The average molecular weight is 485 g/mol. The zero-order valence-electron chi connectivity index (χ0n) is 21.0. The van der Waals surface area contributed by atoms with Crippen molar-refractivity contribution in [3.63, 3.8) is 0 Å². The lowest BCUT2D eigenvalue weighted by molar-refractivity contribution is 0.849. The molecule has 6 heteroatoms. The summed E-state index contributed by atoms with van der Waals surface area (Å²) in [7, 11) is 4.20. The predicted octanol–water partition coefficient (Wildman–Crippen LogP) is 6.45.